The number of rotatable bonds is 3. The molecule has 0 saturated carbocycles. The van der Waals surface area contributed by atoms with Crippen molar-refractivity contribution >= 4 is 23.3 Å². The maximum absolute atomic E-state index is 13.1. The second kappa shape index (κ2) is 5.86. The van der Waals surface area contributed by atoms with Gasteiger partial charge in [-0.2, -0.15) is 0 Å². The van der Waals surface area contributed by atoms with Gasteiger partial charge in [0.1, 0.15) is 0 Å². The number of ether oxygens (including phenoxy) is 2. The number of amides is 1. The van der Waals surface area contributed by atoms with E-state index in [2.05, 4.69) is 24.8 Å². The van der Waals surface area contributed by atoms with Crippen molar-refractivity contribution in [1.29, 1.82) is 0 Å². The van der Waals surface area contributed by atoms with Crippen LogP contribution in [-0.2, 0) is 4.79 Å². The first kappa shape index (κ1) is 16.4. The third-order valence-corrected chi connectivity index (χ3v) is 3.51. The maximum atomic E-state index is 13.1. The van der Waals surface area contributed by atoms with Crippen molar-refractivity contribution < 1.29 is 23.0 Å². The van der Waals surface area contributed by atoms with E-state index in [0.717, 1.165) is 0 Å². The molecule has 2 aromatic rings. The highest BCUT2D eigenvalue weighted by atomic mass is 35.5. The van der Waals surface area contributed by atoms with Gasteiger partial charge in [0.05, 0.1) is 23.1 Å². The monoisotopic (exact) mass is 355 g/mol. The molecule has 0 spiro atoms. The molecule has 0 radical (unpaired) electrons. The summed E-state index contributed by atoms with van der Waals surface area (Å²) in [5, 5.41) is 2.75. The van der Waals surface area contributed by atoms with Crippen LogP contribution in [0.15, 0.2) is 24.5 Å². The molecule has 126 valence electrons. The number of anilines is 1. The Balaban J connectivity index is 1.87. The summed E-state index contributed by atoms with van der Waals surface area (Å²) in [5.41, 5.74) is 0.690. The molecule has 2 heterocycles. The molecule has 0 saturated heterocycles. The van der Waals surface area contributed by atoms with Gasteiger partial charge in [0, 0.05) is 17.5 Å². The van der Waals surface area contributed by atoms with Crippen LogP contribution in [0, 0.1) is 5.92 Å². The van der Waals surface area contributed by atoms with Crippen LogP contribution in [0.1, 0.15) is 13.8 Å². The molecule has 1 aliphatic rings. The maximum Gasteiger partial charge on any atom is 0.586 e. The molecule has 0 bridgehead atoms. The van der Waals surface area contributed by atoms with Gasteiger partial charge < -0.3 is 14.8 Å². The molecule has 1 amide bonds. The lowest BCUT2D eigenvalue weighted by atomic mass is 10.1. The van der Waals surface area contributed by atoms with Crippen molar-refractivity contribution in [1.82, 2.24) is 9.97 Å². The molecule has 3 rings (SSSR count). The largest absolute Gasteiger partial charge is 0.586 e. The van der Waals surface area contributed by atoms with Gasteiger partial charge in [-0.15, -0.1) is 8.78 Å². The summed E-state index contributed by atoms with van der Waals surface area (Å²) in [4.78, 5) is 19.8. The van der Waals surface area contributed by atoms with E-state index in [0.29, 0.717) is 11.3 Å². The van der Waals surface area contributed by atoms with Crippen LogP contribution < -0.4 is 14.8 Å². The van der Waals surface area contributed by atoms with E-state index in [1.54, 1.807) is 13.8 Å². The standard InChI is InChI=1S/C15H12ClF2N3O3/c1-7(2)14(22)21-13-6-19-10(5-20-13)8-3-11-12(4-9(8)16)24-15(17,18)23-11/h3-7H,1-2H3,(H,20,21,22). The number of hydrogen-bond donors (Lipinski definition) is 1. The molecule has 1 N–H and O–H groups in total. The van der Waals surface area contributed by atoms with E-state index in [1.165, 1.54) is 24.5 Å². The van der Waals surface area contributed by atoms with E-state index >= 15 is 0 Å². The van der Waals surface area contributed by atoms with Crippen LogP contribution in [0.3, 0.4) is 0 Å². The molecular weight excluding hydrogens is 344 g/mol. The second-order valence-electron chi connectivity index (χ2n) is 5.38. The minimum absolute atomic E-state index is 0.140. The van der Waals surface area contributed by atoms with Crippen molar-refractivity contribution in [2.24, 2.45) is 5.92 Å². The van der Waals surface area contributed by atoms with Crippen molar-refractivity contribution in [3.8, 4) is 22.8 Å². The van der Waals surface area contributed by atoms with Crippen LogP contribution in [0.4, 0.5) is 14.6 Å². The Morgan fingerprint density at radius 2 is 1.88 bits per heavy atom. The smallest absolute Gasteiger partial charge is 0.395 e. The Bertz CT molecular complexity index is 797. The quantitative estimate of drug-likeness (QED) is 0.908. The highest BCUT2D eigenvalue weighted by Gasteiger charge is 2.43. The van der Waals surface area contributed by atoms with E-state index in [9.17, 15) is 13.6 Å². The summed E-state index contributed by atoms with van der Waals surface area (Å²) in [5.74, 6) is -0.404. The average molecular weight is 356 g/mol. The topological polar surface area (TPSA) is 73.3 Å². The fourth-order valence-electron chi connectivity index (χ4n) is 1.97. The van der Waals surface area contributed by atoms with Crippen LogP contribution in [0.5, 0.6) is 11.5 Å². The van der Waals surface area contributed by atoms with Crippen LogP contribution in [-0.4, -0.2) is 22.2 Å². The molecule has 0 unspecified atom stereocenters. The predicted octanol–water partition coefficient (Wildman–Crippen LogP) is 3.71. The first-order chi connectivity index (χ1) is 11.2. The zero-order valence-electron chi connectivity index (χ0n) is 12.6. The molecule has 1 aromatic heterocycles. The summed E-state index contributed by atoms with van der Waals surface area (Å²) in [7, 11) is 0. The number of carbonyl (C=O) groups is 1. The van der Waals surface area contributed by atoms with Crippen molar-refractivity contribution in [2.75, 3.05) is 5.32 Å². The average Bonchev–Trinajstić information content (AvgIpc) is 2.80. The molecule has 24 heavy (non-hydrogen) atoms. The predicted molar refractivity (Wildman–Crippen MR) is 82.1 cm³/mol. The molecule has 0 aliphatic carbocycles. The second-order valence-corrected chi connectivity index (χ2v) is 5.78. The summed E-state index contributed by atoms with van der Waals surface area (Å²) < 4.78 is 34.9. The number of hydrogen-bond acceptors (Lipinski definition) is 5. The molecule has 6 nitrogen and oxygen atoms in total. The van der Waals surface area contributed by atoms with Gasteiger partial charge >= 0.3 is 6.29 Å². The summed E-state index contributed by atoms with van der Waals surface area (Å²) in [6, 6.07) is 2.53. The lowest BCUT2D eigenvalue weighted by molar-refractivity contribution is -0.286. The Labute approximate surface area is 140 Å². The lowest BCUT2D eigenvalue weighted by Crippen LogP contribution is -2.25. The third kappa shape index (κ3) is 3.23. The Hall–Kier alpha value is -2.48. The van der Waals surface area contributed by atoms with Crippen LogP contribution in [0.25, 0.3) is 11.3 Å². The number of alkyl halides is 2. The van der Waals surface area contributed by atoms with Crippen LogP contribution in [0.2, 0.25) is 5.02 Å². The van der Waals surface area contributed by atoms with Gasteiger partial charge in [0.25, 0.3) is 0 Å². The third-order valence-electron chi connectivity index (χ3n) is 3.19. The van der Waals surface area contributed by atoms with Gasteiger partial charge in [-0.05, 0) is 6.07 Å². The number of carbonyl (C=O) groups excluding carboxylic acids is 1. The number of fused-ring (bicyclic) bond motifs is 1. The summed E-state index contributed by atoms with van der Waals surface area (Å²) in [6.45, 7) is 3.50. The highest BCUT2D eigenvalue weighted by Crippen LogP contribution is 2.45. The number of nitrogens with zero attached hydrogens (tertiary/aromatic N) is 2. The van der Waals surface area contributed by atoms with Gasteiger partial charge in [-0.1, -0.05) is 25.4 Å². The van der Waals surface area contributed by atoms with E-state index in [4.69, 9.17) is 11.6 Å². The Kier molecular flexibility index (Phi) is 4.00. The molecule has 9 heteroatoms. The van der Waals surface area contributed by atoms with E-state index in [-0.39, 0.29) is 34.2 Å². The van der Waals surface area contributed by atoms with Gasteiger partial charge in [0.2, 0.25) is 5.91 Å². The number of benzene rings is 1. The SMILES string of the molecule is CC(C)C(=O)Nc1cnc(-c2cc3c(cc2Cl)OC(F)(F)O3)cn1. The van der Waals surface area contributed by atoms with Crippen molar-refractivity contribution in [2.45, 2.75) is 20.1 Å². The normalized spacial score (nSPS) is 14.8. The molecule has 1 aromatic carbocycles. The van der Waals surface area contributed by atoms with Gasteiger partial charge in [-0.25, -0.2) is 4.98 Å². The molecular formula is C15H12ClF2N3O3. The number of nitrogens with one attached hydrogen (secondary N) is 1. The van der Waals surface area contributed by atoms with Gasteiger partial charge in [0.15, 0.2) is 17.3 Å². The van der Waals surface area contributed by atoms with Crippen molar-refractivity contribution in [3.05, 3.63) is 29.5 Å². The molecule has 1 aliphatic heterocycles. The van der Waals surface area contributed by atoms with Crippen molar-refractivity contribution in [3.63, 3.8) is 0 Å². The zero-order chi connectivity index (χ0) is 17.5. The number of aromatic nitrogens is 2. The fourth-order valence-corrected chi connectivity index (χ4v) is 2.22. The number of halogens is 3. The highest BCUT2D eigenvalue weighted by molar-refractivity contribution is 6.33. The van der Waals surface area contributed by atoms with E-state index < -0.39 is 6.29 Å². The lowest BCUT2D eigenvalue weighted by Gasteiger charge is -2.08. The Morgan fingerprint density at radius 1 is 1.21 bits per heavy atom. The summed E-state index contributed by atoms with van der Waals surface area (Å²) in [6.07, 6.45) is -0.996. The first-order valence-electron chi connectivity index (χ1n) is 6.98. The van der Waals surface area contributed by atoms with E-state index in [1.807, 2.05) is 0 Å². The summed E-state index contributed by atoms with van der Waals surface area (Å²) >= 11 is 6.08. The van der Waals surface area contributed by atoms with Gasteiger partial charge in [-0.3, -0.25) is 9.78 Å². The first-order valence-corrected chi connectivity index (χ1v) is 7.35. The molecule has 0 fully saturated rings. The minimum Gasteiger partial charge on any atom is -0.395 e. The Morgan fingerprint density at radius 3 is 2.46 bits per heavy atom. The zero-order valence-corrected chi connectivity index (χ0v) is 13.4. The minimum atomic E-state index is -3.72. The van der Waals surface area contributed by atoms with Crippen LogP contribution >= 0.6 is 11.6 Å². The molecule has 0 atom stereocenters. The fraction of sp³-hybridized carbons (Fsp3) is 0.267.